The van der Waals surface area contributed by atoms with E-state index in [0.29, 0.717) is 40.4 Å². The van der Waals surface area contributed by atoms with Crippen LogP contribution in [0.1, 0.15) is 53.2 Å². The van der Waals surface area contributed by atoms with Gasteiger partial charge in [-0.1, -0.05) is 30.9 Å². The molecular weight excluding hydrogens is 470 g/mol. The van der Waals surface area contributed by atoms with Crippen LogP contribution in [0.4, 0.5) is 5.69 Å². The van der Waals surface area contributed by atoms with Gasteiger partial charge in [-0.3, -0.25) is 9.59 Å². The van der Waals surface area contributed by atoms with Crippen LogP contribution in [0.15, 0.2) is 53.9 Å². The van der Waals surface area contributed by atoms with Crippen LogP contribution in [0.2, 0.25) is 5.02 Å². The van der Waals surface area contributed by atoms with Crippen molar-refractivity contribution >= 4 is 40.4 Å². The zero-order valence-corrected chi connectivity index (χ0v) is 20.7. The summed E-state index contributed by atoms with van der Waals surface area (Å²) in [4.78, 5) is 31.6. The van der Waals surface area contributed by atoms with Crippen LogP contribution < -0.4 is 10.1 Å². The van der Waals surface area contributed by atoms with Gasteiger partial charge in [0.1, 0.15) is 17.4 Å². The van der Waals surface area contributed by atoms with E-state index in [0.717, 1.165) is 17.8 Å². The summed E-state index contributed by atoms with van der Waals surface area (Å²) < 4.78 is 5.70. The summed E-state index contributed by atoms with van der Waals surface area (Å²) in [5.41, 5.74) is 1.98. The van der Waals surface area contributed by atoms with Crippen molar-refractivity contribution in [3.8, 4) is 5.75 Å². The van der Waals surface area contributed by atoms with Crippen molar-refractivity contribution in [2.45, 2.75) is 51.2 Å². The molecule has 178 valence electrons. The highest BCUT2D eigenvalue weighted by Crippen LogP contribution is 2.23. The Labute approximate surface area is 208 Å². The Morgan fingerprint density at radius 3 is 2.50 bits per heavy atom. The van der Waals surface area contributed by atoms with Crippen molar-refractivity contribution in [2.24, 2.45) is 0 Å². The predicted molar refractivity (Wildman–Crippen MR) is 136 cm³/mol. The SMILES string of the molecule is CN(C(=O)c1ccc(NC(=O)Cc2csc(COc3ccc(Cl)cc3)n2)cc1)C1CCCCC1. The Morgan fingerprint density at radius 2 is 1.79 bits per heavy atom. The molecule has 1 saturated carbocycles. The average molecular weight is 498 g/mol. The molecule has 0 atom stereocenters. The van der Waals surface area contributed by atoms with Gasteiger partial charge in [0.2, 0.25) is 5.91 Å². The van der Waals surface area contributed by atoms with Crippen molar-refractivity contribution in [2.75, 3.05) is 12.4 Å². The molecule has 0 bridgehead atoms. The maximum absolute atomic E-state index is 12.8. The molecule has 1 aromatic heterocycles. The molecule has 6 nitrogen and oxygen atoms in total. The summed E-state index contributed by atoms with van der Waals surface area (Å²) in [7, 11) is 1.89. The number of amides is 2. The fourth-order valence-electron chi connectivity index (χ4n) is 4.08. The fraction of sp³-hybridized carbons (Fsp3) is 0.346. The Bertz CT molecular complexity index is 1110. The molecule has 34 heavy (non-hydrogen) atoms. The van der Waals surface area contributed by atoms with E-state index in [1.165, 1.54) is 30.6 Å². The maximum Gasteiger partial charge on any atom is 0.253 e. The zero-order valence-electron chi connectivity index (χ0n) is 19.1. The van der Waals surface area contributed by atoms with Crippen molar-refractivity contribution in [1.82, 2.24) is 9.88 Å². The molecule has 1 heterocycles. The molecule has 0 radical (unpaired) electrons. The average Bonchev–Trinajstić information content (AvgIpc) is 3.31. The van der Waals surface area contributed by atoms with Crippen molar-refractivity contribution in [3.63, 3.8) is 0 Å². The van der Waals surface area contributed by atoms with E-state index in [2.05, 4.69) is 10.3 Å². The lowest BCUT2D eigenvalue weighted by Crippen LogP contribution is -2.38. The van der Waals surface area contributed by atoms with Gasteiger partial charge in [0.25, 0.3) is 5.91 Å². The Morgan fingerprint density at radius 1 is 1.09 bits per heavy atom. The third kappa shape index (κ3) is 6.58. The molecule has 0 saturated heterocycles. The van der Waals surface area contributed by atoms with Gasteiger partial charge in [-0.2, -0.15) is 0 Å². The molecule has 3 aromatic rings. The summed E-state index contributed by atoms with van der Waals surface area (Å²) >= 11 is 7.34. The van der Waals surface area contributed by atoms with E-state index in [-0.39, 0.29) is 18.2 Å². The number of anilines is 1. The van der Waals surface area contributed by atoms with Crippen LogP contribution in [0.25, 0.3) is 0 Å². The van der Waals surface area contributed by atoms with Gasteiger partial charge in [0.05, 0.1) is 12.1 Å². The second-order valence-electron chi connectivity index (χ2n) is 8.49. The molecular formula is C26H28ClN3O3S. The quantitative estimate of drug-likeness (QED) is 0.416. The number of carbonyl (C=O) groups excluding carboxylic acids is 2. The highest BCUT2D eigenvalue weighted by Gasteiger charge is 2.23. The van der Waals surface area contributed by atoms with Crippen LogP contribution in [0, 0.1) is 0 Å². The molecule has 4 rings (SSSR count). The van der Waals surface area contributed by atoms with E-state index < -0.39 is 0 Å². The summed E-state index contributed by atoms with van der Waals surface area (Å²) in [6.45, 7) is 0.332. The van der Waals surface area contributed by atoms with Gasteiger partial charge in [-0.15, -0.1) is 11.3 Å². The lowest BCUT2D eigenvalue weighted by atomic mass is 9.94. The normalized spacial score (nSPS) is 13.9. The summed E-state index contributed by atoms with van der Waals surface area (Å²) in [5.74, 6) is 0.584. The van der Waals surface area contributed by atoms with Crippen LogP contribution in [0.5, 0.6) is 5.75 Å². The number of nitrogens with one attached hydrogen (secondary N) is 1. The number of halogens is 1. The molecule has 1 aliphatic rings. The third-order valence-electron chi connectivity index (χ3n) is 5.98. The van der Waals surface area contributed by atoms with Crippen molar-refractivity contribution in [3.05, 3.63) is 75.2 Å². The van der Waals surface area contributed by atoms with E-state index >= 15 is 0 Å². The van der Waals surface area contributed by atoms with Crippen molar-refractivity contribution in [1.29, 1.82) is 0 Å². The largest absolute Gasteiger partial charge is 0.486 e. The monoisotopic (exact) mass is 497 g/mol. The molecule has 1 aliphatic carbocycles. The minimum atomic E-state index is -0.158. The first kappa shape index (κ1) is 24.2. The smallest absolute Gasteiger partial charge is 0.253 e. The summed E-state index contributed by atoms with van der Waals surface area (Å²) in [5, 5.41) is 6.19. The van der Waals surface area contributed by atoms with E-state index in [1.807, 2.05) is 17.3 Å². The minimum Gasteiger partial charge on any atom is -0.486 e. The highest BCUT2D eigenvalue weighted by atomic mass is 35.5. The van der Waals surface area contributed by atoms with Crippen LogP contribution in [-0.2, 0) is 17.8 Å². The minimum absolute atomic E-state index is 0.0283. The van der Waals surface area contributed by atoms with E-state index in [1.54, 1.807) is 48.5 Å². The van der Waals surface area contributed by atoms with E-state index in [9.17, 15) is 9.59 Å². The Kier molecular flexibility index (Phi) is 8.19. The number of benzene rings is 2. The van der Waals surface area contributed by atoms with Crippen LogP contribution in [-0.4, -0.2) is 34.8 Å². The molecule has 2 amide bonds. The number of carbonyl (C=O) groups is 2. The van der Waals surface area contributed by atoms with Crippen LogP contribution >= 0.6 is 22.9 Å². The topological polar surface area (TPSA) is 71.5 Å². The second-order valence-corrected chi connectivity index (χ2v) is 9.86. The number of hydrogen-bond acceptors (Lipinski definition) is 5. The molecule has 2 aromatic carbocycles. The van der Waals surface area contributed by atoms with Gasteiger partial charge in [0, 0.05) is 34.7 Å². The molecule has 1 N–H and O–H groups in total. The van der Waals surface area contributed by atoms with Gasteiger partial charge in [-0.25, -0.2) is 4.98 Å². The van der Waals surface area contributed by atoms with Gasteiger partial charge in [0.15, 0.2) is 0 Å². The molecule has 0 unspecified atom stereocenters. The maximum atomic E-state index is 12.8. The summed E-state index contributed by atoms with van der Waals surface area (Å²) in [6.07, 6.45) is 5.94. The number of ether oxygens (including phenoxy) is 1. The molecule has 0 aliphatic heterocycles. The predicted octanol–water partition coefficient (Wildman–Crippen LogP) is 5.96. The number of hydrogen-bond donors (Lipinski definition) is 1. The first-order chi connectivity index (χ1) is 16.5. The third-order valence-corrected chi connectivity index (χ3v) is 7.10. The van der Waals surface area contributed by atoms with Crippen molar-refractivity contribution < 1.29 is 14.3 Å². The number of thiazole rings is 1. The first-order valence-electron chi connectivity index (χ1n) is 11.5. The molecule has 0 spiro atoms. The Hall–Kier alpha value is -2.90. The lowest BCUT2D eigenvalue weighted by molar-refractivity contribution is -0.115. The standard InChI is InChI=1S/C26H28ClN3O3S/c1-30(22-5-3-2-4-6-22)26(32)18-7-11-20(12-8-18)28-24(31)15-21-17-34-25(29-21)16-33-23-13-9-19(27)10-14-23/h7-14,17,22H,2-6,15-16H2,1H3,(H,28,31). The zero-order chi connectivity index (χ0) is 23.9. The summed E-state index contributed by atoms with van der Waals surface area (Å²) in [6, 6.07) is 14.5. The molecule has 1 fully saturated rings. The van der Waals surface area contributed by atoms with Gasteiger partial charge < -0.3 is 15.0 Å². The van der Waals surface area contributed by atoms with Gasteiger partial charge >= 0.3 is 0 Å². The van der Waals surface area contributed by atoms with Gasteiger partial charge in [-0.05, 0) is 61.4 Å². The second kappa shape index (κ2) is 11.5. The van der Waals surface area contributed by atoms with E-state index in [4.69, 9.17) is 16.3 Å². The molecule has 8 heteroatoms. The number of rotatable bonds is 8. The number of aromatic nitrogens is 1. The number of nitrogens with zero attached hydrogens (tertiary/aromatic N) is 2. The lowest BCUT2D eigenvalue weighted by Gasteiger charge is -2.31. The highest BCUT2D eigenvalue weighted by molar-refractivity contribution is 7.09. The first-order valence-corrected chi connectivity index (χ1v) is 12.7. The Balaban J connectivity index is 1.26. The van der Waals surface area contributed by atoms with Crippen LogP contribution in [0.3, 0.4) is 0 Å². The fourth-order valence-corrected chi connectivity index (χ4v) is 4.91.